The number of hydrogen-bond acceptors (Lipinski definition) is 2. The summed E-state index contributed by atoms with van der Waals surface area (Å²) in [5.74, 6) is 0.855. The monoisotopic (exact) mass is 268 g/mol. The van der Waals surface area contributed by atoms with Crippen LogP contribution in [0, 0.1) is 0 Å². The molecule has 0 heterocycles. The zero-order valence-electron chi connectivity index (χ0n) is 11.8. The second-order valence-corrected chi connectivity index (χ2v) is 4.66. The second kappa shape index (κ2) is 7.51. The molecule has 2 aromatic rings. The van der Waals surface area contributed by atoms with Crippen molar-refractivity contribution in [2.24, 2.45) is 0 Å². The minimum Gasteiger partial charge on any atom is -0.489 e. The van der Waals surface area contributed by atoms with Crippen LogP contribution in [0.3, 0.4) is 0 Å². The molecular formula is C18H20O2. The minimum atomic E-state index is 0.114. The third-order valence-electron chi connectivity index (χ3n) is 3.16. The van der Waals surface area contributed by atoms with Crippen molar-refractivity contribution in [2.75, 3.05) is 6.61 Å². The van der Waals surface area contributed by atoms with Crippen LogP contribution in [-0.4, -0.2) is 11.7 Å². The van der Waals surface area contributed by atoms with Gasteiger partial charge in [0.1, 0.15) is 12.4 Å². The summed E-state index contributed by atoms with van der Waals surface area (Å²) in [4.78, 5) is 0. The van der Waals surface area contributed by atoms with Gasteiger partial charge in [-0.05, 0) is 35.3 Å². The van der Waals surface area contributed by atoms with Crippen LogP contribution in [0.1, 0.15) is 24.5 Å². The predicted molar refractivity (Wildman–Crippen MR) is 82.6 cm³/mol. The third kappa shape index (κ3) is 4.25. The molecule has 2 nitrogen and oxygen atoms in total. The Morgan fingerprint density at radius 2 is 1.75 bits per heavy atom. The van der Waals surface area contributed by atoms with E-state index in [4.69, 9.17) is 9.84 Å². The van der Waals surface area contributed by atoms with Crippen LogP contribution in [0.5, 0.6) is 5.75 Å². The molecule has 0 spiro atoms. The van der Waals surface area contributed by atoms with Crippen LogP contribution in [0.4, 0.5) is 0 Å². The number of benzene rings is 2. The Hall–Kier alpha value is -2.06. The van der Waals surface area contributed by atoms with Crippen molar-refractivity contribution >= 4 is 6.08 Å². The summed E-state index contributed by atoms with van der Waals surface area (Å²) in [6, 6.07) is 18.0. The van der Waals surface area contributed by atoms with E-state index in [9.17, 15) is 0 Å². The lowest BCUT2D eigenvalue weighted by molar-refractivity contribution is 0.306. The van der Waals surface area contributed by atoms with Crippen molar-refractivity contribution in [3.8, 4) is 5.75 Å². The van der Waals surface area contributed by atoms with Crippen molar-refractivity contribution in [1.29, 1.82) is 0 Å². The van der Waals surface area contributed by atoms with Crippen LogP contribution >= 0.6 is 0 Å². The van der Waals surface area contributed by atoms with E-state index >= 15 is 0 Å². The van der Waals surface area contributed by atoms with E-state index in [-0.39, 0.29) is 6.61 Å². The number of hydrogen-bond donors (Lipinski definition) is 1. The highest BCUT2D eigenvalue weighted by molar-refractivity contribution is 5.54. The van der Waals surface area contributed by atoms with E-state index in [1.54, 1.807) is 0 Å². The van der Waals surface area contributed by atoms with E-state index in [1.807, 2.05) is 67.6 Å². The molecule has 2 heteroatoms. The summed E-state index contributed by atoms with van der Waals surface area (Å²) in [5.41, 5.74) is 3.27. The molecule has 0 saturated heterocycles. The highest BCUT2D eigenvalue weighted by atomic mass is 16.5. The lowest BCUT2D eigenvalue weighted by Crippen LogP contribution is -1.94. The van der Waals surface area contributed by atoms with Gasteiger partial charge in [0.05, 0.1) is 6.61 Å². The number of rotatable bonds is 6. The quantitative estimate of drug-likeness (QED) is 0.856. The smallest absolute Gasteiger partial charge is 0.119 e. The molecule has 20 heavy (non-hydrogen) atoms. The standard InChI is InChI=1S/C18H20O2/c1-2-15(13-19)12-16-8-10-18(11-9-16)20-14-17-6-4-3-5-7-17/h3-12,19H,2,13-14H2,1H3. The Morgan fingerprint density at radius 3 is 2.35 bits per heavy atom. The van der Waals surface area contributed by atoms with Crippen molar-refractivity contribution in [2.45, 2.75) is 20.0 Å². The predicted octanol–water partition coefficient (Wildman–Crippen LogP) is 4.05. The van der Waals surface area contributed by atoms with Gasteiger partial charge in [-0.3, -0.25) is 0 Å². The highest BCUT2D eigenvalue weighted by Crippen LogP contribution is 2.16. The molecular weight excluding hydrogens is 248 g/mol. The van der Waals surface area contributed by atoms with Crippen molar-refractivity contribution in [3.63, 3.8) is 0 Å². The fourth-order valence-electron chi connectivity index (χ4n) is 1.90. The molecule has 2 rings (SSSR count). The van der Waals surface area contributed by atoms with Gasteiger partial charge in [0, 0.05) is 0 Å². The Morgan fingerprint density at radius 1 is 1.05 bits per heavy atom. The molecule has 0 atom stereocenters. The molecule has 0 radical (unpaired) electrons. The van der Waals surface area contributed by atoms with Gasteiger partial charge in [-0.1, -0.05) is 55.5 Å². The Balaban J connectivity index is 1.96. The van der Waals surface area contributed by atoms with Gasteiger partial charge in [-0.25, -0.2) is 0 Å². The summed E-state index contributed by atoms with van der Waals surface area (Å²) >= 11 is 0. The van der Waals surface area contributed by atoms with Crippen molar-refractivity contribution in [3.05, 3.63) is 71.3 Å². The van der Waals surface area contributed by atoms with Gasteiger partial charge in [0.15, 0.2) is 0 Å². The number of ether oxygens (including phenoxy) is 1. The van der Waals surface area contributed by atoms with Crippen LogP contribution in [0.15, 0.2) is 60.2 Å². The Bertz CT molecular complexity index is 535. The van der Waals surface area contributed by atoms with E-state index in [2.05, 4.69) is 0 Å². The van der Waals surface area contributed by atoms with Crippen LogP contribution < -0.4 is 4.74 Å². The molecule has 0 aromatic heterocycles. The lowest BCUT2D eigenvalue weighted by Gasteiger charge is -2.07. The maximum atomic E-state index is 9.16. The fraction of sp³-hybridized carbons (Fsp3) is 0.222. The van der Waals surface area contributed by atoms with Crippen molar-refractivity contribution < 1.29 is 9.84 Å². The Labute approximate surface area is 120 Å². The van der Waals surface area contributed by atoms with Crippen LogP contribution in [-0.2, 0) is 6.61 Å². The van der Waals surface area contributed by atoms with Gasteiger partial charge >= 0.3 is 0 Å². The van der Waals surface area contributed by atoms with E-state index in [0.717, 1.165) is 28.9 Å². The first-order chi connectivity index (χ1) is 9.81. The number of aliphatic hydroxyl groups excluding tert-OH is 1. The first-order valence-electron chi connectivity index (χ1n) is 6.89. The summed E-state index contributed by atoms with van der Waals surface area (Å²) in [5, 5.41) is 9.16. The molecule has 2 aromatic carbocycles. The second-order valence-electron chi connectivity index (χ2n) is 4.66. The van der Waals surface area contributed by atoms with E-state index in [0.29, 0.717) is 6.61 Å². The maximum absolute atomic E-state index is 9.16. The first-order valence-corrected chi connectivity index (χ1v) is 6.89. The summed E-state index contributed by atoms with van der Waals surface area (Å²) in [6.45, 7) is 2.73. The summed E-state index contributed by atoms with van der Waals surface area (Å²) in [7, 11) is 0. The van der Waals surface area contributed by atoms with Gasteiger partial charge in [-0.2, -0.15) is 0 Å². The molecule has 0 bridgehead atoms. The molecule has 0 amide bonds. The molecule has 0 aliphatic rings. The third-order valence-corrected chi connectivity index (χ3v) is 3.16. The zero-order chi connectivity index (χ0) is 14.2. The van der Waals surface area contributed by atoms with Crippen LogP contribution in [0.25, 0.3) is 6.08 Å². The highest BCUT2D eigenvalue weighted by Gasteiger charge is 1.97. The average Bonchev–Trinajstić information content (AvgIpc) is 2.53. The summed E-state index contributed by atoms with van der Waals surface area (Å²) < 4.78 is 5.73. The normalized spacial score (nSPS) is 11.4. The van der Waals surface area contributed by atoms with Crippen molar-refractivity contribution in [1.82, 2.24) is 0 Å². The average molecular weight is 268 g/mol. The van der Waals surface area contributed by atoms with E-state index < -0.39 is 0 Å². The zero-order valence-corrected chi connectivity index (χ0v) is 11.8. The molecule has 104 valence electrons. The minimum absolute atomic E-state index is 0.114. The molecule has 0 saturated carbocycles. The molecule has 0 unspecified atom stereocenters. The molecule has 0 aliphatic carbocycles. The van der Waals surface area contributed by atoms with Crippen LogP contribution in [0.2, 0.25) is 0 Å². The summed E-state index contributed by atoms with van der Waals surface area (Å²) in [6.07, 6.45) is 2.88. The van der Waals surface area contributed by atoms with Gasteiger partial charge in [-0.15, -0.1) is 0 Å². The first kappa shape index (κ1) is 14.4. The lowest BCUT2D eigenvalue weighted by atomic mass is 10.1. The van der Waals surface area contributed by atoms with E-state index in [1.165, 1.54) is 0 Å². The fourth-order valence-corrected chi connectivity index (χ4v) is 1.90. The molecule has 0 fully saturated rings. The maximum Gasteiger partial charge on any atom is 0.119 e. The molecule has 1 N–H and O–H groups in total. The number of aliphatic hydroxyl groups is 1. The van der Waals surface area contributed by atoms with Gasteiger partial charge in [0.25, 0.3) is 0 Å². The van der Waals surface area contributed by atoms with Gasteiger partial charge in [0.2, 0.25) is 0 Å². The Kier molecular flexibility index (Phi) is 5.39. The topological polar surface area (TPSA) is 29.5 Å². The largest absolute Gasteiger partial charge is 0.489 e. The SMILES string of the molecule is CCC(=Cc1ccc(OCc2ccccc2)cc1)CO. The van der Waals surface area contributed by atoms with Gasteiger partial charge < -0.3 is 9.84 Å². The molecule has 0 aliphatic heterocycles.